The van der Waals surface area contributed by atoms with Gasteiger partial charge in [-0.3, -0.25) is 4.79 Å². The SMILES string of the molecule is O=C(Cc1csc(Cc2ccccc2)n1)NC(C(=O)O)C1CCCOC1. The van der Waals surface area contributed by atoms with E-state index >= 15 is 0 Å². The molecule has 0 aliphatic carbocycles. The summed E-state index contributed by atoms with van der Waals surface area (Å²) in [5.41, 5.74) is 1.84. The van der Waals surface area contributed by atoms with Crippen LogP contribution in [0.2, 0.25) is 0 Å². The van der Waals surface area contributed by atoms with E-state index in [1.807, 2.05) is 35.7 Å². The number of carbonyl (C=O) groups is 2. The second-order valence-electron chi connectivity index (χ2n) is 6.43. The van der Waals surface area contributed by atoms with Gasteiger partial charge in [0.15, 0.2) is 0 Å². The van der Waals surface area contributed by atoms with Crippen LogP contribution in [0.3, 0.4) is 0 Å². The molecule has 3 rings (SSSR count). The Kier molecular flexibility index (Phi) is 6.35. The summed E-state index contributed by atoms with van der Waals surface area (Å²) in [5.74, 6) is -1.52. The fraction of sp³-hybridized carbons (Fsp3) is 0.421. The average Bonchev–Trinajstić information content (AvgIpc) is 3.07. The highest BCUT2D eigenvalue weighted by atomic mass is 32.1. The van der Waals surface area contributed by atoms with E-state index in [1.165, 1.54) is 16.9 Å². The van der Waals surface area contributed by atoms with Crippen molar-refractivity contribution < 1.29 is 19.4 Å². The van der Waals surface area contributed by atoms with Crippen molar-refractivity contribution in [1.29, 1.82) is 0 Å². The highest BCUT2D eigenvalue weighted by molar-refractivity contribution is 7.09. The summed E-state index contributed by atoms with van der Waals surface area (Å²) in [7, 11) is 0. The number of hydrogen-bond acceptors (Lipinski definition) is 5. The fourth-order valence-electron chi connectivity index (χ4n) is 3.08. The summed E-state index contributed by atoms with van der Waals surface area (Å²) < 4.78 is 5.35. The lowest BCUT2D eigenvalue weighted by Gasteiger charge is -2.28. The molecule has 1 saturated heterocycles. The largest absolute Gasteiger partial charge is 0.480 e. The maximum atomic E-state index is 12.3. The minimum atomic E-state index is -1.02. The molecule has 2 unspecified atom stereocenters. The van der Waals surface area contributed by atoms with Gasteiger partial charge in [0.2, 0.25) is 5.91 Å². The Hall–Kier alpha value is -2.25. The monoisotopic (exact) mass is 374 g/mol. The van der Waals surface area contributed by atoms with Crippen molar-refractivity contribution in [3.8, 4) is 0 Å². The van der Waals surface area contributed by atoms with Gasteiger partial charge in [0.05, 0.1) is 23.7 Å². The molecule has 7 heteroatoms. The molecule has 2 N–H and O–H groups in total. The zero-order valence-electron chi connectivity index (χ0n) is 14.4. The number of carbonyl (C=O) groups excluding carboxylic acids is 1. The molecular weight excluding hydrogens is 352 g/mol. The molecular formula is C19H22N2O4S. The van der Waals surface area contributed by atoms with Crippen LogP contribution in [0.15, 0.2) is 35.7 Å². The van der Waals surface area contributed by atoms with Crippen molar-refractivity contribution in [2.45, 2.75) is 31.7 Å². The molecule has 0 spiro atoms. The van der Waals surface area contributed by atoms with Crippen molar-refractivity contribution in [3.05, 3.63) is 52.0 Å². The Balaban J connectivity index is 1.56. The number of aromatic nitrogens is 1. The Bertz CT molecular complexity index is 741. The molecule has 2 atom stereocenters. The van der Waals surface area contributed by atoms with Gasteiger partial charge < -0.3 is 15.2 Å². The topological polar surface area (TPSA) is 88.5 Å². The standard InChI is InChI=1S/C19H22N2O4S/c22-16(21-18(19(23)24)14-7-4-8-25-11-14)10-15-12-26-17(20-15)9-13-5-2-1-3-6-13/h1-3,5-6,12,14,18H,4,7-11H2,(H,21,22)(H,23,24). The smallest absolute Gasteiger partial charge is 0.326 e. The molecule has 1 aromatic carbocycles. The summed E-state index contributed by atoms with van der Waals surface area (Å²) in [5, 5.41) is 14.9. The molecule has 26 heavy (non-hydrogen) atoms. The third-order valence-electron chi connectivity index (χ3n) is 4.39. The predicted molar refractivity (Wildman–Crippen MR) is 98.2 cm³/mol. The molecule has 1 aliphatic rings. The molecule has 1 aliphatic heterocycles. The Morgan fingerprint density at radius 3 is 2.85 bits per heavy atom. The molecule has 6 nitrogen and oxygen atoms in total. The Morgan fingerprint density at radius 1 is 1.35 bits per heavy atom. The van der Waals surface area contributed by atoms with E-state index in [0.29, 0.717) is 18.9 Å². The van der Waals surface area contributed by atoms with E-state index in [-0.39, 0.29) is 18.2 Å². The second-order valence-corrected chi connectivity index (χ2v) is 7.38. The number of nitrogens with zero attached hydrogens (tertiary/aromatic N) is 1. The van der Waals surface area contributed by atoms with Gasteiger partial charge in [-0.25, -0.2) is 9.78 Å². The van der Waals surface area contributed by atoms with Crippen LogP contribution in [-0.2, 0) is 27.2 Å². The van der Waals surface area contributed by atoms with Gasteiger partial charge in [-0.05, 0) is 18.4 Å². The molecule has 138 valence electrons. The van der Waals surface area contributed by atoms with Crippen LogP contribution in [0.25, 0.3) is 0 Å². The van der Waals surface area contributed by atoms with Gasteiger partial charge in [-0.15, -0.1) is 11.3 Å². The van der Waals surface area contributed by atoms with E-state index in [2.05, 4.69) is 10.3 Å². The third kappa shape index (κ3) is 5.12. The first-order valence-corrected chi connectivity index (χ1v) is 9.57. The van der Waals surface area contributed by atoms with Gasteiger partial charge in [0.1, 0.15) is 6.04 Å². The first-order valence-electron chi connectivity index (χ1n) is 8.69. The van der Waals surface area contributed by atoms with Crippen LogP contribution in [0, 0.1) is 5.92 Å². The number of nitrogens with one attached hydrogen (secondary N) is 1. The molecule has 2 heterocycles. The van der Waals surface area contributed by atoms with Crippen LogP contribution >= 0.6 is 11.3 Å². The summed E-state index contributed by atoms with van der Waals surface area (Å²) in [4.78, 5) is 28.3. The van der Waals surface area contributed by atoms with E-state index < -0.39 is 12.0 Å². The van der Waals surface area contributed by atoms with Crippen molar-refractivity contribution in [3.63, 3.8) is 0 Å². The van der Waals surface area contributed by atoms with E-state index in [4.69, 9.17) is 4.74 Å². The zero-order chi connectivity index (χ0) is 18.4. The number of ether oxygens (including phenoxy) is 1. The van der Waals surface area contributed by atoms with Crippen LogP contribution < -0.4 is 5.32 Å². The molecule has 1 fully saturated rings. The summed E-state index contributed by atoms with van der Waals surface area (Å²) in [6.45, 7) is 1.02. The normalized spacial score (nSPS) is 18.2. The van der Waals surface area contributed by atoms with E-state index in [1.54, 1.807) is 0 Å². The molecule has 0 bridgehead atoms. The van der Waals surface area contributed by atoms with Gasteiger partial charge in [0, 0.05) is 24.3 Å². The van der Waals surface area contributed by atoms with Crippen LogP contribution in [-0.4, -0.2) is 41.2 Å². The number of amides is 1. The lowest BCUT2D eigenvalue weighted by Crippen LogP contribution is -2.48. The molecule has 0 saturated carbocycles. The maximum Gasteiger partial charge on any atom is 0.326 e. The number of benzene rings is 1. The number of aliphatic carboxylic acids is 1. The first-order chi connectivity index (χ1) is 12.6. The van der Waals surface area contributed by atoms with Crippen LogP contribution in [0.4, 0.5) is 0 Å². The number of thiazole rings is 1. The van der Waals surface area contributed by atoms with Gasteiger partial charge in [0.25, 0.3) is 0 Å². The maximum absolute atomic E-state index is 12.3. The Morgan fingerprint density at radius 2 is 2.15 bits per heavy atom. The molecule has 0 radical (unpaired) electrons. The molecule has 1 amide bonds. The molecule has 1 aromatic heterocycles. The molecule has 2 aromatic rings. The summed E-state index contributed by atoms with van der Waals surface area (Å²) in [6, 6.07) is 9.10. The van der Waals surface area contributed by atoms with Crippen molar-refractivity contribution >= 4 is 23.2 Å². The summed E-state index contributed by atoms with van der Waals surface area (Å²) >= 11 is 1.51. The third-order valence-corrected chi connectivity index (χ3v) is 5.29. The highest BCUT2D eigenvalue weighted by Crippen LogP contribution is 2.19. The second kappa shape index (κ2) is 8.91. The lowest BCUT2D eigenvalue weighted by molar-refractivity contribution is -0.145. The zero-order valence-corrected chi connectivity index (χ0v) is 15.2. The minimum absolute atomic E-state index is 0.0860. The van der Waals surface area contributed by atoms with Crippen molar-refractivity contribution in [1.82, 2.24) is 10.3 Å². The predicted octanol–water partition coefficient (Wildman–Crippen LogP) is 2.27. The lowest BCUT2D eigenvalue weighted by atomic mass is 9.93. The number of carboxylic acids is 1. The van der Waals surface area contributed by atoms with Crippen LogP contribution in [0.1, 0.15) is 29.1 Å². The fourth-order valence-corrected chi connectivity index (χ4v) is 3.91. The minimum Gasteiger partial charge on any atom is -0.480 e. The quantitative estimate of drug-likeness (QED) is 0.776. The average molecular weight is 374 g/mol. The summed E-state index contributed by atoms with van der Waals surface area (Å²) in [6.07, 6.45) is 2.38. The van der Waals surface area contributed by atoms with Crippen molar-refractivity contribution in [2.75, 3.05) is 13.2 Å². The number of hydrogen-bond donors (Lipinski definition) is 2. The number of rotatable bonds is 7. The van der Waals surface area contributed by atoms with Crippen LogP contribution in [0.5, 0.6) is 0 Å². The van der Waals surface area contributed by atoms with Gasteiger partial charge >= 0.3 is 5.97 Å². The van der Waals surface area contributed by atoms with Gasteiger partial charge in [-0.1, -0.05) is 30.3 Å². The van der Waals surface area contributed by atoms with E-state index in [0.717, 1.165) is 24.3 Å². The Labute approximate surface area is 156 Å². The number of carboxylic acid groups (broad SMARTS) is 1. The highest BCUT2D eigenvalue weighted by Gasteiger charge is 2.31. The van der Waals surface area contributed by atoms with Crippen molar-refractivity contribution in [2.24, 2.45) is 5.92 Å². The van der Waals surface area contributed by atoms with Gasteiger partial charge in [-0.2, -0.15) is 0 Å². The van der Waals surface area contributed by atoms with E-state index in [9.17, 15) is 14.7 Å². The first kappa shape index (κ1) is 18.5.